The molecule has 0 spiro atoms. The molecule has 2 fully saturated rings. The highest BCUT2D eigenvalue weighted by molar-refractivity contribution is 9.10. The summed E-state index contributed by atoms with van der Waals surface area (Å²) in [5.41, 5.74) is 3.98. The number of hydrogen-bond acceptors (Lipinski definition) is 7. The van der Waals surface area contributed by atoms with Gasteiger partial charge in [0.2, 0.25) is 11.8 Å². The maximum absolute atomic E-state index is 13.9. The zero-order valence-electron chi connectivity index (χ0n) is 25.2. The third kappa shape index (κ3) is 6.87. The van der Waals surface area contributed by atoms with Gasteiger partial charge in [0.1, 0.15) is 5.75 Å². The van der Waals surface area contributed by atoms with E-state index in [4.69, 9.17) is 0 Å². The highest BCUT2D eigenvalue weighted by Gasteiger charge is 2.56. The van der Waals surface area contributed by atoms with E-state index in [1.54, 1.807) is 12.1 Å². The number of amides is 2. The lowest BCUT2D eigenvalue weighted by molar-refractivity contribution is -0.144. The molecule has 236 valence electrons. The summed E-state index contributed by atoms with van der Waals surface area (Å²) in [7, 11) is 0. The standard InChI is InChI=1S/C35H43BrN2O6/c1-2-22(16-24-17-26(36)9-11-30(24)41)8-10-31(42)32-25(20-39)18-28-33(29(32)21-40)35(44)38(34(28)43)27-12-14-37(15-13-27)19-23-6-4-3-5-7-23/h3-7,9,11,16-17,27-29,31,33,39-42H,2,8,10,12-15,18-21H2,1H3/b22-16+/t28-,29+,31-,33-/m1/s1. The number of allylic oxidation sites excluding steroid dienone is 1. The zero-order chi connectivity index (χ0) is 31.4. The monoisotopic (exact) mass is 666 g/mol. The normalized spacial score (nSPS) is 24.2. The number of benzene rings is 2. The Balaban J connectivity index is 1.28. The Labute approximate surface area is 267 Å². The molecule has 2 heterocycles. The minimum absolute atomic E-state index is 0.166. The highest BCUT2D eigenvalue weighted by Crippen LogP contribution is 2.47. The molecule has 2 aromatic carbocycles. The van der Waals surface area contributed by atoms with Crippen molar-refractivity contribution in [1.82, 2.24) is 9.80 Å². The molecular formula is C35H43BrN2O6. The molecule has 2 aromatic rings. The summed E-state index contributed by atoms with van der Waals surface area (Å²) < 4.78 is 0.847. The van der Waals surface area contributed by atoms with E-state index in [-0.39, 0.29) is 43.2 Å². The van der Waals surface area contributed by atoms with Gasteiger partial charge in [0.25, 0.3) is 0 Å². The Bertz CT molecular complexity index is 1400. The van der Waals surface area contributed by atoms with Crippen LogP contribution in [0.5, 0.6) is 5.75 Å². The molecule has 2 saturated heterocycles. The fourth-order valence-corrected chi connectivity index (χ4v) is 7.74. The lowest BCUT2D eigenvalue weighted by Crippen LogP contribution is -2.47. The molecule has 0 saturated carbocycles. The van der Waals surface area contributed by atoms with Gasteiger partial charge in [-0.1, -0.05) is 64.8 Å². The first kappa shape index (κ1) is 32.6. The topological polar surface area (TPSA) is 122 Å². The number of phenolic OH excluding ortho intramolecular Hbond substituents is 1. The molecule has 4 atom stereocenters. The maximum Gasteiger partial charge on any atom is 0.234 e. The minimum Gasteiger partial charge on any atom is -0.507 e. The fraction of sp³-hybridized carbons (Fsp3) is 0.486. The summed E-state index contributed by atoms with van der Waals surface area (Å²) >= 11 is 3.44. The van der Waals surface area contributed by atoms with Gasteiger partial charge in [0.05, 0.1) is 31.2 Å². The van der Waals surface area contributed by atoms with Gasteiger partial charge in [-0.2, -0.15) is 0 Å². The number of aromatic hydroxyl groups is 1. The van der Waals surface area contributed by atoms with Crippen LogP contribution in [0.1, 0.15) is 56.6 Å². The van der Waals surface area contributed by atoms with Crippen molar-refractivity contribution in [3.63, 3.8) is 0 Å². The number of aliphatic hydroxyl groups is 3. The Morgan fingerprint density at radius 2 is 1.80 bits per heavy atom. The Kier molecular flexibility index (Phi) is 10.7. The lowest BCUT2D eigenvalue weighted by atomic mass is 9.68. The van der Waals surface area contributed by atoms with Crippen LogP contribution in [0.2, 0.25) is 0 Å². The fourth-order valence-electron chi connectivity index (χ4n) is 7.36. The minimum atomic E-state index is -0.987. The van der Waals surface area contributed by atoms with E-state index < -0.39 is 23.9 Å². The predicted octanol–water partition coefficient (Wildman–Crippen LogP) is 4.66. The second-order valence-corrected chi connectivity index (χ2v) is 13.2. The Hall–Kier alpha value is -2.82. The van der Waals surface area contributed by atoms with Crippen molar-refractivity contribution in [2.75, 3.05) is 26.3 Å². The number of carbonyl (C=O) groups excluding carboxylic acids is 2. The van der Waals surface area contributed by atoms with E-state index in [0.29, 0.717) is 48.8 Å². The number of carbonyl (C=O) groups is 2. The molecule has 5 rings (SSSR count). The highest BCUT2D eigenvalue weighted by atomic mass is 79.9. The van der Waals surface area contributed by atoms with Crippen molar-refractivity contribution in [2.24, 2.45) is 17.8 Å². The largest absolute Gasteiger partial charge is 0.507 e. The van der Waals surface area contributed by atoms with Gasteiger partial charge in [-0.05, 0) is 73.4 Å². The van der Waals surface area contributed by atoms with Gasteiger partial charge in [-0.25, -0.2) is 0 Å². The van der Waals surface area contributed by atoms with Gasteiger partial charge >= 0.3 is 0 Å². The van der Waals surface area contributed by atoms with Crippen LogP contribution in [-0.4, -0.2) is 80.5 Å². The number of rotatable bonds is 11. The average Bonchev–Trinajstić information content (AvgIpc) is 3.29. The summed E-state index contributed by atoms with van der Waals surface area (Å²) in [4.78, 5) is 31.4. The third-order valence-electron chi connectivity index (χ3n) is 9.68. The van der Waals surface area contributed by atoms with Crippen molar-refractivity contribution >= 4 is 33.8 Å². The molecule has 9 heteroatoms. The number of likely N-dealkylation sites (tertiary alicyclic amines) is 2. The zero-order valence-corrected chi connectivity index (χ0v) is 26.8. The number of fused-ring (bicyclic) bond motifs is 1. The average molecular weight is 668 g/mol. The van der Waals surface area contributed by atoms with Crippen molar-refractivity contribution in [3.05, 3.63) is 80.8 Å². The van der Waals surface area contributed by atoms with Crippen LogP contribution in [0.4, 0.5) is 0 Å². The maximum atomic E-state index is 13.9. The third-order valence-corrected chi connectivity index (χ3v) is 10.2. The van der Waals surface area contributed by atoms with Gasteiger partial charge in [0, 0.05) is 41.6 Å². The smallest absolute Gasteiger partial charge is 0.234 e. The van der Waals surface area contributed by atoms with Crippen LogP contribution in [0, 0.1) is 17.8 Å². The Morgan fingerprint density at radius 1 is 1.07 bits per heavy atom. The summed E-state index contributed by atoms with van der Waals surface area (Å²) in [5.74, 6) is -2.42. The molecular weight excluding hydrogens is 624 g/mol. The number of piperidine rings is 1. The Morgan fingerprint density at radius 3 is 2.45 bits per heavy atom. The van der Waals surface area contributed by atoms with Crippen LogP contribution in [-0.2, 0) is 16.1 Å². The van der Waals surface area contributed by atoms with Gasteiger partial charge in [-0.3, -0.25) is 19.4 Å². The second-order valence-electron chi connectivity index (χ2n) is 12.3. The molecule has 4 N–H and O–H groups in total. The van der Waals surface area contributed by atoms with Gasteiger partial charge < -0.3 is 20.4 Å². The molecule has 0 radical (unpaired) electrons. The number of nitrogens with zero attached hydrogens (tertiary/aromatic N) is 2. The van der Waals surface area contributed by atoms with E-state index in [0.717, 1.165) is 29.7 Å². The van der Waals surface area contributed by atoms with Crippen molar-refractivity contribution in [1.29, 1.82) is 0 Å². The molecule has 44 heavy (non-hydrogen) atoms. The summed E-state index contributed by atoms with van der Waals surface area (Å²) in [6.45, 7) is 3.68. The molecule has 0 aromatic heterocycles. The number of phenols is 1. The van der Waals surface area contributed by atoms with Crippen LogP contribution in [0.25, 0.3) is 6.08 Å². The van der Waals surface area contributed by atoms with E-state index in [2.05, 4.69) is 33.0 Å². The number of hydrogen-bond donors (Lipinski definition) is 4. The molecule has 3 aliphatic rings. The number of imide groups is 1. The first-order valence-electron chi connectivity index (χ1n) is 15.7. The summed E-state index contributed by atoms with van der Waals surface area (Å²) in [6.07, 6.45) is 4.10. The first-order chi connectivity index (χ1) is 21.2. The van der Waals surface area contributed by atoms with E-state index in [1.807, 2.05) is 37.3 Å². The molecule has 2 aliphatic heterocycles. The quantitative estimate of drug-likeness (QED) is 0.203. The van der Waals surface area contributed by atoms with Crippen LogP contribution >= 0.6 is 15.9 Å². The summed E-state index contributed by atoms with van der Waals surface area (Å²) in [5, 5.41) is 42.6. The summed E-state index contributed by atoms with van der Waals surface area (Å²) in [6, 6.07) is 15.3. The van der Waals surface area contributed by atoms with E-state index in [9.17, 15) is 30.0 Å². The molecule has 0 unspecified atom stereocenters. The van der Waals surface area contributed by atoms with Crippen LogP contribution < -0.4 is 0 Å². The van der Waals surface area contributed by atoms with Crippen molar-refractivity contribution in [2.45, 2.75) is 64.1 Å². The van der Waals surface area contributed by atoms with E-state index >= 15 is 0 Å². The molecule has 2 amide bonds. The first-order valence-corrected chi connectivity index (χ1v) is 16.5. The van der Waals surface area contributed by atoms with Crippen molar-refractivity contribution < 1.29 is 30.0 Å². The molecule has 1 aliphatic carbocycles. The second kappa shape index (κ2) is 14.5. The van der Waals surface area contributed by atoms with Crippen LogP contribution in [0.3, 0.4) is 0 Å². The molecule has 8 nitrogen and oxygen atoms in total. The van der Waals surface area contributed by atoms with Gasteiger partial charge in [-0.15, -0.1) is 0 Å². The van der Waals surface area contributed by atoms with Crippen LogP contribution in [0.15, 0.2) is 69.7 Å². The molecule has 0 bridgehead atoms. The lowest BCUT2D eigenvalue weighted by Gasteiger charge is -2.36. The number of halogens is 1. The SMILES string of the molecule is CC/C(=C\c1cc(Br)ccc1O)CC[C@@H](O)C1=C(CO)C[C@H]2C(=O)N(C3CCN(Cc4ccccc4)CC3)C(=O)[C@H]2[C@H]1CO. The van der Waals surface area contributed by atoms with Crippen molar-refractivity contribution in [3.8, 4) is 5.75 Å². The predicted molar refractivity (Wildman–Crippen MR) is 172 cm³/mol. The van der Waals surface area contributed by atoms with E-state index in [1.165, 1.54) is 10.5 Å². The van der Waals surface area contributed by atoms with Gasteiger partial charge in [0.15, 0.2) is 0 Å². The number of aliphatic hydroxyl groups excluding tert-OH is 3.